The standard InChI is InChI=1S/C25H20F2N6O3S/c1-36-24-21(32-37(34,35)23-7-5-18(26)11-19(23)27)9-17(13-30-24)16-4-6-20-22(10-16)33(25(28)31-20)14-15-3-2-8-29-12-15/h2-13,32H,14H2,1H3,(H2,28,31). The molecule has 0 saturated heterocycles. The summed E-state index contributed by atoms with van der Waals surface area (Å²) in [6.45, 7) is 0.453. The van der Waals surface area contributed by atoms with E-state index in [1.165, 1.54) is 19.4 Å². The first-order chi connectivity index (χ1) is 17.7. The predicted molar refractivity (Wildman–Crippen MR) is 134 cm³/mol. The lowest BCUT2D eigenvalue weighted by Crippen LogP contribution is -2.15. The molecule has 0 unspecified atom stereocenters. The van der Waals surface area contributed by atoms with E-state index in [2.05, 4.69) is 19.7 Å². The molecule has 2 aromatic carbocycles. The van der Waals surface area contributed by atoms with E-state index in [0.717, 1.165) is 23.2 Å². The average Bonchev–Trinajstić information content (AvgIpc) is 3.18. The molecule has 0 fully saturated rings. The summed E-state index contributed by atoms with van der Waals surface area (Å²) in [5.41, 5.74) is 9.77. The fraction of sp³-hybridized carbons (Fsp3) is 0.0800. The quantitative estimate of drug-likeness (QED) is 0.328. The zero-order chi connectivity index (χ0) is 26.2. The number of methoxy groups -OCH3 is 1. The van der Waals surface area contributed by atoms with Gasteiger partial charge in [0, 0.05) is 30.2 Å². The smallest absolute Gasteiger partial charge is 0.264 e. The van der Waals surface area contributed by atoms with E-state index in [9.17, 15) is 17.2 Å². The van der Waals surface area contributed by atoms with Gasteiger partial charge in [0.15, 0.2) is 0 Å². The minimum atomic E-state index is -4.41. The molecule has 5 aromatic rings. The number of pyridine rings is 2. The monoisotopic (exact) mass is 522 g/mol. The second-order valence-electron chi connectivity index (χ2n) is 8.08. The molecule has 9 nitrogen and oxygen atoms in total. The molecule has 0 spiro atoms. The third kappa shape index (κ3) is 4.78. The molecular weight excluding hydrogens is 502 g/mol. The zero-order valence-electron chi connectivity index (χ0n) is 19.4. The van der Waals surface area contributed by atoms with E-state index in [-0.39, 0.29) is 11.6 Å². The molecular formula is C25H20F2N6O3S. The lowest BCUT2D eigenvalue weighted by atomic mass is 10.1. The van der Waals surface area contributed by atoms with Crippen LogP contribution in [0, 0.1) is 11.6 Å². The van der Waals surface area contributed by atoms with Crippen molar-refractivity contribution in [3.8, 4) is 17.0 Å². The Morgan fingerprint density at radius 1 is 1.05 bits per heavy atom. The van der Waals surface area contributed by atoms with Gasteiger partial charge in [0.2, 0.25) is 11.8 Å². The van der Waals surface area contributed by atoms with Crippen LogP contribution in [0.15, 0.2) is 78.1 Å². The van der Waals surface area contributed by atoms with Crippen LogP contribution in [0.3, 0.4) is 0 Å². The summed E-state index contributed by atoms with van der Waals surface area (Å²) in [4.78, 5) is 12.0. The van der Waals surface area contributed by atoms with Crippen LogP contribution in [0.4, 0.5) is 20.4 Å². The van der Waals surface area contributed by atoms with Crippen molar-refractivity contribution < 1.29 is 21.9 Å². The maximum Gasteiger partial charge on any atom is 0.264 e. The summed E-state index contributed by atoms with van der Waals surface area (Å²) in [6.07, 6.45) is 4.94. The number of imidazole rings is 1. The fourth-order valence-corrected chi connectivity index (χ4v) is 5.01. The number of halogens is 2. The van der Waals surface area contributed by atoms with Crippen molar-refractivity contribution in [3.63, 3.8) is 0 Å². The Balaban J connectivity index is 1.54. The van der Waals surface area contributed by atoms with E-state index in [1.807, 2.05) is 22.8 Å². The van der Waals surface area contributed by atoms with Crippen LogP contribution in [-0.4, -0.2) is 35.0 Å². The first kappa shape index (κ1) is 24.1. The van der Waals surface area contributed by atoms with Crippen LogP contribution in [0.25, 0.3) is 22.2 Å². The van der Waals surface area contributed by atoms with Crippen molar-refractivity contribution in [1.29, 1.82) is 0 Å². The topological polar surface area (TPSA) is 125 Å². The lowest BCUT2D eigenvalue weighted by molar-refractivity contribution is 0.400. The number of nitrogen functional groups attached to an aromatic ring is 1. The van der Waals surface area contributed by atoms with Gasteiger partial charge in [-0.05, 0) is 47.5 Å². The summed E-state index contributed by atoms with van der Waals surface area (Å²) >= 11 is 0. The van der Waals surface area contributed by atoms with Crippen LogP contribution in [0.1, 0.15) is 5.56 Å². The van der Waals surface area contributed by atoms with Gasteiger partial charge in [-0.2, -0.15) is 0 Å². The van der Waals surface area contributed by atoms with Crippen LogP contribution in [0.2, 0.25) is 0 Å². The number of nitrogens with one attached hydrogen (secondary N) is 1. The van der Waals surface area contributed by atoms with Crippen LogP contribution < -0.4 is 15.2 Å². The molecule has 0 atom stereocenters. The van der Waals surface area contributed by atoms with Crippen LogP contribution in [0.5, 0.6) is 5.88 Å². The van der Waals surface area contributed by atoms with Crippen molar-refractivity contribution >= 4 is 32.7 Å². The molecule has 0 aliphatic rings. The number of hydrogen-bond donors (Lipinski definition) is 2. The average molecular weight is 523 g/mol. The summed E-state index contributed by atoms with van der Waals surface area (Å²) in [7, 11) is -3.09. The third-order valence-electron chi connectivity index (χ3n) is 5.65. The normalized spacial score (nSPS) is 11.5. The Hall–Kier alpha value is -4.58. The van der Waals surface area contributed by atoms with Crippen LogP contribution in [-0.2, 0) is 16.6 Å². The number of benzene rings is 2. The molecule has 0 aliphatic heterocycles. The Morgan fingerprint density at radius 2 is 1.89 bits per heavy atom. The molecule has 37 heavy (non-hydrogen) atoms. The molecule has 5 rings (SSSR count). The maximum atomic E-state index is 14.2. The number of nitrogens with two attached hydrogens (primary N) is 1. The summed E-state index contributed by atoms with van der Waals surface area (Å²) in [5, 5.41) is 0. The summed E-state index contributed by atoms with van der Waals surface area (Å²) < 4.78 is 62.5. The van der Waals surface area contributed by atoms with Gasteiger partial charge >= 0.3 is 0 Å². The molecule has 12 heteroatoms. The van der Waals surface area contributed by atoms with E-state index in [4.69, 9.17) is 10.5 Å². The van der Waals surface area contributed by atoms with Crippen molar-refractivity contribution in [2.45, 2.75) is 11.4 Å². The molecule has 0 radical (unpaired) electrons. The van der Waals surface area contributed by atoms with E-state index >= 15 is 0 Å². The SMILES string of the molecule is COc1ncc(-c2ccc3nc(N)n(Cc4cccnc4)c3c2)cc1NS(=O)(=O)c1ccc(F)cc1F. The number of nitrogens with zero attached hydrogens (tertiary/aromatic N) is 4. The highest BCUT2D eigenvalue weighted by molar-refractivity contribution is 7.92. The van der Waals surface area contributed by atoms with Crippen molar-refractivity contribution in [3.05, 3.63) is 90.4 Å². The Labute approximate surface area is 210 Å². The Bertz CT molecular complexity index is 1730. The van der Waals surface area contributed by atoms with Crippen molar-refractivity contribution in [1.82, 2.24) is 19.5 Å². The van der Waals surface area contributed by atoms with Gasteiger partial charge in [-0.15, -0.1) is 0 Å². The van der Waals surface area contributed by atoms with Gasteiger partial charge < -0.3 is 15.0 Å². The lowest BCUT2D eigenvalue weighted by Gasteiger charge is -2.13. The number of rotatable bonds is 7. The molecule has 0 aliphatic carbocycles. The molecule has 0 amide bonds. The Kier molecular flexibility index (Phi) is 6.17. The zero-order valence-corrected chi connectivity index (χ0v) is 20.2. The van der Waals surface area contributed by atoms with Gasteiger partial charge in [-0.1, -0.05) is 12.1 Å². The molecule has 188 valence electrons. The number of hydrogen-bond acceptors (Lipinski definition) is 7. The first-order valence-corrected chi connectivity index (χ1v) is 12.4. The molecule has 0 bridgehead atoms. The van der Waals surface area contributed by atoms with Crippen molar-refractivity contribution in [2.75, 3.05) is 17.6 Å². The number of aromatic nitrogens is 4. The largest absolute Gasteiger partial charge is 0.480 e. The number of ether oxygens (including phenoxy) is 1. The molecule has 0 saturated carbocycles. The second kappa shape index (κ2) is 9.47. The highest BCUT2D eigenvalue weighted by Gasteiger charge is 2.22. The van der Waals surface area contributed by atoms with Gasteiger partial charge in [-0.3, -0.25) is 9.71 Å². The maximum absolute atomic E-state index is 14.2. The number of sulfonamides is 1. The van der Waals surface area contributed by atoms with E-state index in [1.54, 1.807) is 24.5 Å². The van der Waals surface area contributed by atoms with Crippen molar-refractivity contribution in [2.24, 2.45) is 0 Å². The van der Waals surface area contributed by atoms with Gasteiger partial charge in [0.05, 0.1) is 24.7 Å². The minimum absolute atomic E-state index is 0.0211. The third-order valence-corrected chi connectivity index (χ3v) is 7.05. The number of fused-ring (bicyclic) bond motifs is 1. The van der Waals surface area contributed by atoms with E-state index < -0.39 is 26.6 Å². The summed E-state index contributed by atoms with van der Waals surface area (Å²) in [6, 6.07) is 12.9. The summed E-state index contributed by atoms with van der Waals surface area (Å²) in [5.74, 6) is -1.81. The molecule has 3 heterocycles. The Morgan fingerprint density at radius 3 is 2.62 bits per heavy atom. The van der Waals surface area contributed by atoms with E-state index in [0.29, 0.717) is 35.2 Å². The van der Waals surface area contributed by atoms with Gasteiger partial charge in [0.25, 0.3) is 10.0 Å². The fourth-order valence-electron chi connectivity index (χ4n) is 3.90. The van der Waals surface area contributed by atoms with Gasteiger partial charge in [0.1, 0.15) is 22.2 Å². The number of anilines is 2. The highest BCUT2D eigenvalue weighted by Crippen LogP contribution is 2.32. The molecule has 3 N–H and O–H groups in total. The molecule has 3 aromatic heterocycles. The highest BCUT2D eigenvalue weighted by atomic mass is 32.2. The second-order valence-corrected chi connectivity index (χ2v) is 9.73. The first-order valence-electron chi connectivity index (χ1n) is 10.9. The minimum Gasteiger partial charge on any atom is -0.480 e. The van der Waals surface area contributed by atoms with Crippen LogP contribution >= 0.6 is 0 Å². The predicted octanol–water partition coefficient (Wildman–Crippen LogP) is 4.21. The van der Waals surface area contributed by atoms with Gasteiger partial charge in [-0.25, -0.2) is 27.2 Å².